The molecule has 1 fully saturated rings. The van der Waals surface area contributed by atoms with E-state index >= 15 is 0 Å². The van der Waals surface area contributed by atoms with Crippen molar-refractivity contribution < 1.29 is 14.1 Å². The number of hydrogen-bond acceptors (Lipinski definition) is 5. The van der Waals surface area contributed by atoms with Gasteiger partial charge in [0.15, 0.2) is 5.82 Å². The molecule has 17 heavy (non-hydrogen) atoms. The molecule has 1 saturated carbocycles. The molecule has 1 unspecified atom stereocenters. The third kappa shape index (κ3) is 2.84. The Morgan fingerprint density at radius 2 is 2.29 bits per heavy atom. The molecule has 0 saturated heterocycles. The fraction of sp³-hybridized carbons (Fsp3) is 0.750. The van der Waals surface area contributed by atoms with E-state index in [1.165, 1.54) is 0 Å². The smallest absolute Gasteiger partial charge is 0.318 e. The second kappa shape index (κ2) is 5.29. The van der Waals surface area contributed by atoms with E-state index in [-0.39, 0.29) is 5.97 Å². The van der Waals surface area contributed by atoms with Crippen LogP contribution in [0.4, 0.5) is 0 Å². The van der Waals surface area contributed by atoms with Crippen molar-refractivity contribution in [2.45, 2.75) is 51.4 Å². The van der Waals surface area contributed by atoms with Crippen LogP contribution < -0.4 is 0 Å². The standard InChI is InChI=1S/C12H18N2O3/c1-3-5-9(12(15)16-4-2)11-13-10(14-17-11)8-6-7-8/h8-9H,3-7H2,1-2H3. The Morgan fingerprint density at radius 3 is 2.88 bits per heavy atom. The summed E-state index contributed by atoms with van der Waals surface area (Å²) >= 11 is 0. The topological polar surface area (TPSA) is 65.2 Å². The van der Waals surface area contributed by atoms with Gasteiger partial charge in [0.05, 0.1) is 6.61 Å². The Labute approximate surface area is 101 Å². The summed E-state index contributed by atoms with van der Waals surface area (Å²) in [6, 6.07) is 0. The highest BCUT2D eigenvalue weighted by Gasteiger charge is 2.32. The monoisotopic (exact) mass is 238 g/mol. The number of ether oxygens (including phenoxy) is 1. The summed E-state index contributed by atoms with van der Waals surface area (Å²) in [6.07, 6.45) is 3.81. The van der Waals surface area contributed by atoms with Gasteiger partial charge in [0, 0.05) is 5.92 Å². The normalized spacial score (nSPS) is 16.8. The molecule has 5 nitrogen and oxygen atoms in total. The van der Waals surface area contributed by atoms with E-state index in [0.717, 1.165) is 25.1 Å². The maximum atomic E-state index is 11.8. The highest BCUT2D eigenvalue weighted by molar-refractivity contribution is 5.76. The Bertz CT molecular complexity index is 385. The molecule has 1 aliphatic rings. The van der Waals surface area contributed by atoms with E-state index in [1.54, 1.807) is 6.92 Å². The predicted octanol–water partition coefficient (Wildman–Crippen LogP) is 2.39. The molecule has 2 rings (SSSR count). The summed E-state index contributed by atoms with van der Waals surface area (Å²) in [4.78, 5) is 16.1. The number of aromatic nitrogens is 2. The minimum absolute atomic E-state index is 0.264. The molecule has 5 heteroatoms. The average molecular weight is 238 g/mol. The van der Waals surface area contributed by atoms with Crippen LogP contribution in [0.25, 0.3) is 0 Å². The van der Waals surface area contributed by atoms with E-state index in [1.807, 2.05) is 6.92 Å². The van der Waals surface area contributed by atoms with E-state index < -0.39 is 5.92 Å². The quantitative estimate of drug-likeness (QED) is 0.712. The van der Waals surface area contributed by atoms with Gasteiger partial charge in [-0.3, -0.25) is 4.79 Å². The number of nitrogens with zero attached hydrogens (tertiary/aromatic N) is 2. The van der Waals surface area contributed by atoms with Crippen LogP contribution in [0.2, 0.25) is 0 Å². The van der Waals surface area contributed by atoms with Crippen LogP contribution in [0.5, 0.6) is 0 Å². The lowest BCUT2D eigenvalue weighted by molar-refractivity contribution is -0.145. The third-order valence-corrected chi connectivity index (χ3v) is 2.85. The first kappa shape index (κ1) is 12.1. The van der Waals surface area contributed by atoms with Crippen molar-refractivity contribution in [2.75, 3.05) is 6.61 Å². The maximum Gasteiger partial charge on any atom is 0.318 e. The lowest BCUT2D eigenvalue weighted by atomic mass is 10.0. The summed E-state index contributed by atoms with van der Waals surface area (Å²) in [6.45, 7) is 4.19. The van der Waals surface area contributed by atoms with Crippen LogP contribution in [-0.2, 0) is 9.53 Å². The van der Waals surface area contributed by atoms with Gasteiger partial charge >= 0.3 is 5.97 Å². The molecule has 0 spiro atoms. The largest absolute Gasteiger partial charge is 0.465 e. The van der Waals surface area contributed by atoms with Gasteiger partial charge in [0.2, 0.25) is 5.89 Å². The predicted molar refractivity (Wildman–Crippen MR) is 60.6 cm³/mol. The number of rotatable bonds is 6. The van der Waals surface area contributed by atoms with Gasteiger partial charge in [-0.1, -0.05) is 18.5 Å². The van der Waals surface area contributed by atoms with Crippen molar-refractivity contribution >= 4 is 5.97 Å². The molecular weight excluding hydrogens is 220 g/mol. The van der Waals surface area contributed by atoms with Gasteiger partial charge in [0.1, 0.15) is 5.92 Å². The molecule has 0 N–H and O–H groups in total. The average Bonchev–Trinajstić information content (AvgIpc) is 3.05. The third-order valence-electron chi connectivity index (χ3n) is 2.85. The van der Waals surface area contributed by atoms with Gasteiger partial charge in [-0.2, -0.15) is 4.98 Å². The molecule has 1 aromatic heterocycles. The number of esters is 1. The molecule has 1 aromatic rings. The Kier molecular flexibility index (Phi) is 3.76. The zero-order valence-corrected chi connectivity index (χ0v) is 10.3. The van der Waals surface area contributed by atoms with Crippen LogP contribution in [0.1, 0.15) is 63.1 Å². The lowest BCUT2D eigenvalue weighted by Crippen LogP contribution is -2.16. The summed E-state index contributed by atoms with van der Waals surface area (Å²) in [5.41, 5.74) is 0. The molecule has 1 aliphatic carbocycles. The number of carbonyl (C=O) groups excluding carboxylic acids is 1. The van der Waals surface area contributed by atoms with Crippen LogP contribution >= 0.6 is 0 Å². The van der Waals surface area contributed by atoms with Crippen molar-refractivity contribution in [3.63, 3.8) is 0 Å². The summed E-state index contributed by atoms with van der Waals surface area (Å²) in [5, 5.41) is 3.93. The van der Waals surface area contributed by atoms with Crippen LogP contribution in [0, 0.1) is 0 Å². The summed E-state index contributed by atoms with van der Waals surface area (Å²) < 4.78 is 10.2. The molecular formula is C12H18N2O3. The molecule has 0 radical (unpaired) electrons. The van der Waals surface area contributed by atoms with E-state index in [9.17, 15) is 4.79 Å². The van der Waals surface area contributed by atoms with Gasteiger partial charge in [-0.25, -0.2) is 0 Å². The first-order valence-corrected chi connectivity index (χ1v) is 6.26. The number of carbonyl (C=O) groups is 1. The molecule has 94 valence electrons. The minimum Gasteiger partial charge on any atom is -0.465 e. The zero-order valence-electron chi connectivity index (χ0n) is 10.3. The fourth-order valence-corrected chi connectivity index (χ4v) is 1.77. The van der Waals surface area contributed by atoms with Crippen LogP contribution in [0.15, 0.2) is 4.52 Å². The summed E-state index contributed by atoms with van der Waals surface area (Å²) in [5.74, 6) is 0.926. The molecule has 1 atom stereocenters. The van der Waals surface area contributed by atoms with Gasteiger partial charge < -0.3 is 9.26 Å². The Hall–Kier alpha value is -1.39. The molecule has 0 aromatic carbocycles. The second-order valence-corrected chi connectivity index (χ2v) is 4.36. The van der Waals surface area contributed by atoms with Crippen molar-refractivity contribution in [2.24, 2.45) is 0 Å². The van der Waals surface area contributed by atoms with Crippen molar-refractivity contribution in [3.05, 3.63) is 11.7 Å². The Balaban J connectivity index is 2.09. The van der Waals surface area contributed by atoms with E-state index in [0.29, 0.717) is 24.8 Å². The first-order valence-electron chi connectivity index (χ1n) is 6.26. The fourth-order valence-electron chi connectivity index (χ4n) is 1.77. The second-order valence-electron chi connectivity index (χ2n) is 4.36. The lowest BCUT2D eigenvalue weighted by Gasteiger charge is -2.09. The van der Waals surface area contributed by atoms with Crippen molar-refractivity contribution in [1.82, 2.24) is 10.1 Å². The molecule has 0 bridgehead atoms. The van der Waals surface area contributed by atoms with E-state index in [2.05, 4.69) is 10.1 Å². The SMILES string of the molecule is CCCC(C(=O)OCC)c1nc(C2CC2)no1. The van der Waals surface area contributed by atoms with Crippen molar-refractivity contribution in [3.8, 4) is 0 Å². The van der Waals surface area contributed by atoms with Gasteiger partial charge in [0.25, 0.3) is 0 Å². The van der Waals surface area contributed by atoms with Gasteiger partial charge in [-0.15, -0.1) is 0 Å². The minimum atomic E-state index is -0.403. The maximum absolute atomic E-state index is 11.8. The van der Waals surface area contributed by atoms with Crippen molar-refractivity contribution in [1.29, 1.82) is 0 Å². The highest BCUT2D eigenvalue weighted by Crippen LogP contribution is 2.38. The molecule has 1 heterocycles. The van der Waals surface area contributed by atoms with E-state index in [4.69, 9.17) is 9.26 Å². The Morgan fingerprint density at radius 1 is 1.53 bits per heavy atom. The molecule has 0 amide bonds. The van der Waals surface area contributed by atoms with Crippen LogP contribution in [-0.4, -0.2) is 22.7 Å². The summed E-state index contributed by atoms with van der Waals surface area (Å²) in [7, 11) is 0. The van der Waals surface area contributed by atoms with Gasteiger partial charge in [-0.05, 0) is 26.2 Å². The zero-order chi connectivity index (χ0) is 12.3. The first-order chi connectivity index (χ1) is 8.26. The number of hydrogen-bond donors (Lipinski definition) is 0. The highest BCUT2D eigenvalue weighted by atomic mass is 16.5. The van der Waals surface area contributed by atoms with Crippen LogP contribution in [0.3, 0.4) is 0 Å². The molecule has 0 aliphatic heterocycles.